The lowest BCUT2D eigenvalue weighted by atomic mass is 10.5. The maximum absolute atomic E-state index is 9.76. The molecular formula is C3H5ClO2. The van der Waals surface area contributed by atoms with Gasteiger partial charge >= 0.3 is 0 Å². The fraction of sp³-hybridized carbons (Fsp3) is 0.667. The summed E-state index contributed by atoms with van der Waals surface area (Å²) in [5.74, 6) is -0.420. The molecule has 0 aromatic carbocycles. The molecule has 0 aliphatic heterocycles. The summed E-state index contributed by atoms with van der Waals surface area (Å²) in [7, 11) is 0. The summed E-state index contributed by atoms with van der Waals surface area (Å²) in [6.45, 7) is 1.22. The molecule has 0 fully saturated rings. The van der Waals surface area contributed by atoms with Crippen molar-refractivity contribution < 1.29 is 9.90 Å². The van der Waals surface area contributed by atoms with Gasteiger partial charge in [-0.2, -0.15) is 0 Å². The Morgan fingerprint density at radius 3 is 2.17 bits per heavy atom. The first kappa shape index (κ1) is 5.92. The van der Waals surface area contributed by atoms with Crippen LogP contribution in [0.25, 0.3) is 0 Å². The molecule has 36 valence electrons. The van der Waals surface area contributed by atoms with Crippen LogP contribution in [0.1, 0.15) is 6.92 Å². The quantitative estimate of drug-likeness (QED) is 0.485. The standard InChI is InChI=1S/C3H5ClO2/c1-2(5)3(4)6/h3,6H,1H3. The Morgan fingerprint density at radius 2 is 2.17 bits per heavy atom. The van der Waals surface area contributed by atoms with Gasteiger partial charge in [0.2, 0.25) is 0 Å². The smallest absolute Gasteiger partial charge is 0.186 e. The highest BCUT2D eigenvalue weighted by molar-refractivity contribution is 6.29. The molecule has 0 rings (SSSR count). The van der Waals surface area contributed by atoms with Crippen LogP contribution in [0.3, 0.4) is 0 Å². The maximum atomic E-state index is 9.76. The zero-order valence-corrected chi connectivity index (χ0v) is 4.07. The molecule has 0 saturated heterocycles. The van der Waals surface area contributed by atoms with Crippen molar-refractivity contribution in [1.82, 2.24) is 0 Å². The van der Waals surface area contributed by atoms with Crippen molar-refractivity contribution >= 4 is 17.4 Å². The van der Waals surface area contributed by atoms with Crippen LogP contribution < -0.4 is 0 Å². The third kappa shape index (κ3) is 2.18. The molecule has 1 unspecified atom stereocenters. The van der Waals surface area contributed by atoms with Crippen molar-refractivity contribution in [2.75, 3.05) is 0 Å². The van der Waals surface area contributed by atoms with E-state index in [9.17, 15) is 4.79 Å². The Balaban J connectivity index is 3.26. The van der Waals surface area contributed by atoms with Crippen molar-refractivity contribution in [3.63, 3.8) is 0 Å². The van der Waals surface area contributed by atoms with E-state index >= 15 is 0 Å². The average molecular weight is 109 g/mol. The van der Waals surface area contributed by atoms with Gasteiger partial charge in [0, 0.05) is 0 Å². The lowest BCUT2D eigenvalue weighted by molar-refractivity contribution is -0.121. The second-order valence-electron chi connectivity index (χ2n) is 0.946. The second kappa shape index (κ2) is 2.16. The summed E-state index contributed by atoms with van der Waals surface area (Å²) in [6.07, 6.45) is 0. The van der Waals surface area contributed by atoms with E-state index in [1.807, 2.05) is 0 Å². The minimum atomic E-state index is -1.31. The number of ketones is 1. The predicted molar refractivity (Wildman–Crippen MR) is 22.5 cm³/mol. The van der Waals surface area contributed by atoms with Gasteiger partial charge in [-0.25, -0.2) is 0 Å². The molecule has 0 heterocycles. The molecule has 0 aromatic heterocycles. The summed E-state index contributed by atoms with van der Waals surface area (Å²) < 4.78 is 0. The molecule has 0 spiro atoms. The number of hydrogen-bond donors (Lipinski definition) is 1. The molecule has 0 bridgehead atoms. The van der Waals surface area contributed by atoms with Crippen molar-refractivity contribution in [3.8, 4) is 0 Å². The molecule has 0 aromatic rings. The number of aliphatic hydroxyl groups is 1. The highest BCUT2D eigenvalue weighted by Crippen LogP contribution is 1.87. The van der Waals surface area contributed by atoms with Crippen LogP contribution >= 0.6 is 11.6 Å². The first-order chi connectivity index (χ1) is 2.64. The number of rotatable bonds is 1. The van der Waals surface area contributed by atoms with E-state index in [2.05, 4.69) is 0 Å². The van der Waals surface area contributed by atoms with Crippen LogP contribution in [-0.2, 0) is 4.79 Å². The summed E-state index contributed by atoms with van der Waals surface area (Å²) in [6, 6.07) is 0. The van der Waals surface area contributed by atoms with E-state index in [0.29, 0.717) is 0 Å². The first-order valence-electron chi connectivity index (χ1n) is 1.47. The van der Waals surface area contributed by atoms with Gasteiger partial charge in [-0.15, -0.1) is 0 Å². The minimum Gasteiger partial charge on any atom is -0.371 e. The van der Waals surface area contributed by atoms with Crippen LogP contribution in [0.5, 0.6) is 0 Å². The van der Waals surface area contributed by atoms with Gasteiger partial charge < -0.3 is 5.11 Å². The lowest BCUT2D eigenvalue weighted by Gasteiger charge is -1.87. The number of alkyl halides is 1. The van der Waals surface area contributed by atoms with E-state index in [1.54, 1.807) is 0 Å². The highest BCUT2D eigenvalue weighted by Gasteiger charge is 2.00. The molecule has 0 saturated carbocycles. The number of Topliss-reactive ketones (excluding diaryl/α,β-unsaturated/α-hetero) is 1. The molecule has 0 radical (unpaired) electrons. The van der Waals surface area contributed by atoms with Crippen LogP contribution in [-0.4, -0.2) is 16.5 Å². The monoisotopic (exact) mass is 108 g/mol. The number of carbonyl (C=O) groups excluding carboxylic acids is 1. The Hall–Kier alpha value is -0.0800. The van der Waals surface area contributed by atoms with Crippen LogP contribution in [0.4, 0.5) is 0 Å². The number of halogens is 1. The topological polar surface area (TPSA) is 37.3 Å². The van der Waals surface area contributed by atoms with Crippen LogP contribution in [0.2, 0.25) is 0 Å². The summed E-state index contributed by atoms with van der Waals surface area (Å²) in [4.78, 5) is 9.76. The summed E-state index contributed by atoms with van der Waals surface area (Å²) >= 11 is 4.82. The molecule has 0 aliphatic carbocycles. The van der Waals surface area contributed by atoms with Gasteiger partial charge in [0.15, 0.2) is 11.3 Å². The lowest BCUT2D eigenvalue weighted by Crippen LogP contribution is -2.06. The molecule has 1 atom stereocenters. The Kier molecular flexibility index (Phi) is 2.13. The van der Waals surface area contributed by atoms with Crippen LogP contribution in [0.15, 0.2) is 0 Å². The minimum absolute atomic E-state index is 0.420. The third-order valence-corrected chi connectivity index (χ3v) is 0.643. The van der Waals surface area contributed by atoms with Gasteiger partial charge in [0.25, 0.3) is 0 Å². The zero-order valence-electron chi connectivity index (χ0n) is 3.31. The Morgan fingerprint density at radius 1 is 2.00 bits per heavy atom. The molecule has 2 nitrogen and oxygen atoms in total. The number of hydrogen-bond acceptors (Lipinski definition) is 2. The second-order valence-corrected chi connectivity index (χ2v) is 1.36. The fourth-order valence-corrected chi connectivity index (χ4v) is 0. The van der Waals surface area contributed by atoms with E-state index in [-0.39, 0.29) is 0 Å². The van der Waals surface area contributed by atoms with E-state index in [0.717, 1.165) is 0 Å². The highest BCUT2D eigenvalue weighted by atomic mass is 35.5. The van der Waals surface area contributed by atoms with Crippen molar-refractivity contribution in [2.24, 2.45) is 0 Å². The summed E-state index contributed by atoms with van der Waals surface area (Å²) in [5.41, 5.74) is -1.31. The summed E-state index contributed by atoms with van der Waals surface area (Å²) in [5, 5.41) is 8.05. The largest absolute Gasteiger partial charge is 0.371 e. The van der Waals surface area contributed by atoms with E-state index < -0.39 is 11.3 Å². The van der Waals surface area contributed by atoms with E-state index in [4.69, 9.17) is 16.7 Å². The van der Waals surface area contributed by atoms with Gasteiger partial charge in [-0.05, 0) is 6.92 Å². The third-order valence-electron chi connectivity index (χ3n) is 0.335. The first-order valence-corrected chi connectivity index (χ1v) is 1.91. The molecule has 0 amide bonds. The van der Waals surface area contributed by atoms with Gasteiger partial charge in [-0.1, -0.05) is 11.6 Å². The van der Waals surface area contributed by atoms with Crippen molar-refractivity contribution in [1.29, 1.82) is 0 Å². The fourth-order valence-electron chi connectivity index (χ4n) is 0. The molecule has 3 heteroatoms. The van der Waals surface area contributed by atoms with Crippen molar-refractivity contribution in [3.05, 3.63) is 0 Å². The predicted octanol–water partition coefficient (Wildman–Crippen LogP) is 0.133. The van der Waals surface area contributed by atoms with E-state index in [1.165, 1.54) is 6.92 Å². The average Bonchev–Trinajstić information content (AvgIpc) is 1.36. The SMILES string of the molecule is CC(=O)C(O)Cl. The Labute approximate surface area is 40.7 Å². The zero-order chi connectivity index (χ0) is 5.15. The molecule has 0 aliphatic rings. The molecule has 6 heavy (non-hydrogen) atoms. The Bertz CT molecular complexity index is 59.8. The van der Waals surface area contributed by atoms with Crippen LogP contribution in [0, 0.1) is 0 Å². The molecule has 1 N–H and O–H groups in total. The number of carbonyl (C=O) groups is 1. The van der Waals surface area contributed by atoms with Gasteiger partial charge in [0.1, 0.15) is 0 Å². The normalized spacial score (nSPS) is 13.8. The molecular weight excluding hydrogens is 103 g/mol. The van der Waals surface area contributed by atoms with Gasteiger partial charge in [-0.3, -0.25) is 4.79 Å². The maximum Gasteiger partial charge on any atom is 0.186 e. The van der Waals surface area contributed by atoms with Crippen molar-refractivity contribution in [2.45, 2.75) is 12.5 Å². The van der Waals surface area contributed by atoms with Gasteiger partial charge in [0.05, 0.1) is 0 Å². The number of aliphatic hydroxyl groups excluding tert-OH is 1.